The van der Waals surface area contributed by atoms with E-state index in [0.717, 1.165) is 0 Å². The highest BCUT2D eigenvalue weighted by Crippen LogP contribution is 2.25. The van der Waals surface area contributed by atoms with E-state index in [4.69, 9.17) is 4.74 Å². The first-order valence-corrected chi connectivity index (χ1v) is 7.22. The predicted molar refractivity (Wildman–Crippen MR) is 86.0 cm³/mol. The van der Waals surface area contributed by atoms with E-state index < -0.39 is 5.82 Å². The van der Waals surface area contributed by atoms with Crippen molar-refractivity contribution in [3.05, 3.63) is 36.4 Å². The minimum Gasteiger partial charge on any atom is -0.494 e. The molecule has 3 rings (SSSR count). The molecule has 124 valence electrons. The summed E-state index contributed by atoms with van der Waals surface area (Å²) >= 11 is 0. The van der Waals surface area contributed by atoms with Crippen molar-refractivity contribution in [3.63, 3.8) is 0 Å². The number of halogens is 1. The van der Waals surface area contributed by atoms with Crippen molar-refractivity contribution in [1.29, 1.82) is 0 Å². The van der Waals surface area contributed by atoms with E-state index in [0.29, 0.717) is 22.4 Å². The lowest BCUT2D eigenvalue weighted by Crippen LogP contribution is -2.26. The fraction of sp³-hybridized carbons (Fsp3) is 0.250. The van der Waals surface area contributed by atoms with Crippen molar-refractivity contribution < 1.29 is 13.9 Å². The molecule has 2 aromatic heterocycles. The molecule has 2 heterocycles. The van der Waals surface area contributed by atoms with E-state index in [-0.39, 0.29) is 18.2 Å². The summed E-state index contributed by atoms with van der Waals surface area (Å²) in [6, 6.07) is 4.56. The van der Waals surface area contributed by atoms with Crippen LogP contribution in [0.5, 0.6) is 5.75 Å². The van der Waals surface area contributed by atoms with Crippen LogP contribution in [-0.4, -0.2) is 51.8 Å². The zero-order valence-electron chi connectivity index (χ0n) is 13.5. The molecule has 0 bridgehead atoms. The lowest BCUT2D eigenvalue weighted by atomic mass is 10.1. The van der Waals surface area contributed by atoms with Gasteiger partial charge in [-0.1, -0.05) is 0 Å². The number of carbonyl (C=O) groups excluding carboxylic acids is 1. The van der Waals surface area contributed by atoms with E-state index in [1.807, 2.05) is 0 Å². The molecule has 0 radical (unpaired) electrons. The fourth-order valence-electron chi connectivity index (χ4n) is 2.20. The number of fused-ring (bicyclic) bond motifs is 1. The van der Waals surface area contributed by atoms with Crippen molar-refractivity contribution in [2.75, 3.05) is 21.2 Å². The molecule has 0 spiro atoms. The number of amides is 1. The van der Waals surface area contributed by atoms with Gasteiger partial charge < -0.3 is 9.64 Å². The molecule has 0 saturated heterocycles. The molecule has 0 aliphatic heterocycles. The number of carbonyl (C=O) groups is 1. The van der Waals surface area contributed by atoms with E-state index in [1.165, 1.54) is 28.8 Å². The summed E-state index contributed by atoms with van der Waals surface area (Å²) in [5.41, 5.74) is 2.09. The van der Waals surface area contributed by atoms with E-state index in [2.05, 4.69) is 15.1 Å². The highest BCUT2D eigenvalue weighted by molar-refractivity contribution is 5.79. The van der Waals surface area contributed by atoms with Gasteiger partial charge in [0.1, 0.15) is 12.1 Å². The van der Waals surface area contributed by atoms with Crippen LogP contribution >= 0.6 is 0 Å². The Bertz CT molecular complexity index is 907. The number of methoxy groups -OCH3 is 1. The molecule has 7 nitrogen and oxygen atoms in total. The minimum absolute atomic E-state index is 0.0611. The monoisotopic (exact) mass is 329 g/mol. The van der Waals surface area contributed by atoms with Crippen LogP contribution in [0.2, 0.25) is 0 Å². The second kappa shape index (κ2) is 6.23. The fourth-order valence-corrected chi connectivity index (χ4v) is 2.20. The first-order chi connectivity index (χ1) is 11.5. The molecule has 0 unspecified atom stereocenters. The summed E-state index contributed by atoms with van der Waals surface area (Å²) in [6.45, 7) is 0.0611. The Balaban J connectivity index is 2.01. The maximum atomic E-state index is 13.9. The first kappa shape index (κ1) is 15.9. The molecule has 0 aliphatic rings. The summed E-state index contributed by atoms with van der Waals surface area (Å²) in [5.74, 6) is -0.426. The van der Waals surface area contributed by atoms with Gasteiger partial charge in [0.05, 0.1) is 25.2 Å². The standard InChI is InChI=1S/C16H16FN5O2/c1-21(2)15(23)9-22-16-13(8-19-22)18-7-12(20-16)10-4-5-14(24-3)11(17)6-10/h4-8H,9H2,1-3H3. The summed E-state index contributed by atoms with van der Waals surface area (Å²) in [5, 5.41) is 4.15. The molecule has 0 atom stereocenters. The molecule has 3 aromatic rings. The van der Waals surface area contributed by atoms with Gasteiger partial charge in [0, 0.05) is 19.7 Å². The molecule has 8 heteroatoms. The largest absolute Gasteiger partial charge is 0.494 e. The van der Waals surface area contributed by atoms with E-state index >= 15 is 0 Å². The highest BCUT2D eigenvalue weighted by Gasteiger charge is 2.13. The summed E-state index contributed by atoms with van der Waals surface area (Å²) in [6.07, 6.45) is 3.09. The van der Waals surface area contributed by atoms with Crippen molar-refractivity contribution in [2.45, 2.75) is 6.54 Å². The van der Waals surface area contributed by atoms with Gasteiger partial charge in [0.15, 0.2) is 17.2 Å². The number of aromatic nitrogens is 4. The normalized spacial score (nSPS) is 10.8. The van der Waals surface area contributed by atoms with Gasteiger partial charge in [-0.3, -0.25) is 4.79 Å². The van der Waals surface area contributed by atoms with Crippen LogP contribution in [0.4, 0.5) is 4.39 Å². The number of nitrogens with zero attached hydrogens (tertiary/aromatic N) is 5. The molecule has 0 N–H and O–H groups in total. The van der Waals surface area contributed by atoms with E-state index in [1.54, 1.807) is 32.6 Å². The van der Waals surface area contributed by atoms with Crippen LogP contribution in [0.1, 0.15) is 0 Å². The number of benzene rings is 1. The number of likely N-dealkylation sites (N-methyl/N-ethyl adjacent to an activating group) is 1. The Morgan fingerprint density at radius 1 is 1.33 bits per heavy atom. The van der Waals surface area contributed by atoms with Gasteiger partial charge in [0.25, 0.3) is 0 Å². The van der Waals surface area contributed by atoms with Gasteiger partial charge >= 0.3 is 0 Å². The maximum absolute atomic E-state index is 13.9. The third-order valence-corrected chi connectivity index (χ3v) is 3.58. The first-order valence-electron chi connectivity index (χ1n) is 7.22. The smallest absolute Gasteiger partial charge is 0.243 e. The van der Waals surface area contributed by atoms with Crippen LogP contribution in [0.25, 0.3) is 22.4 Å². The van der Waals surface area contributed by atoms with Gasteiger partial charge in [-0.15, -0.1) is 0 Å². The van der Waals surface area contributed by atoms with Crippen LogP contribution < -0.4 is 4.74 Å². The third kappa shape index (κ3) is 2.90. The van der Waals surface area contributed by atoms with Crippen molar-refractivity contribution in [1.82, 2.24) is 24.6 Å². The van der Waals surface area contributed by atoms with Gasteiger partial charge in [-0.05, 0) is 18.2 Å². The van der Waals surface area contributed by atoms with Crippen molar-refractivity contribution in [3.8, 4) is 17.0 Å². The number of hydrogen-bond donors (Lipinski definition) is 0. The molecule has 1 aromatic carbocycles. The number of hydrogen-bond acceptors (Lipinski definition) is 5. The highest BCUT2D eigenvalue weighted by atomic mass is 19.1. The molecule has 0 saturated carbocycles. The Hall–Kier alpha value is -3.03. The maximum Gasteiger partial charge on any atom is 0.243 e. The number of rotatable bonds is 4. The summed E-state index contributed by atoms with van der Waals surface area (Å²) in [4.78, 5) is 22.1. The third-order valence-electron chi connectivity index (χ3n) is 3.58. The molecule has 0 aliphatic carbocycles. The minimum atomic E-state index is -0.479. The topological polar surface area (TPSA) is 73.1 Å². The van der Waals surface area contributed by atoms with Crippen LogP contribution in [0, 0.1) is 5.82 Å². The van der Waals surface area contributed by atoms with Crippen LogP contribution in [-0.2, 0) is 11.3 Å². The van der Waals surface area contributed by atoms with Crippen molar-refractivity contribution in [2.24, 2.45) is 0 Å². The van der Waals surface area contributed by atoms with Crippen LogP contribution in [0.15, 0.2) is 30.6 Å². The average molecular weight is 329 g/mol. The zero-order valence-corrected chi connectivity index (χ0v) is 13.5. The average Bonchev–Trinajstić information content (AvgIpc) is 2.97. The summed E-state index contributed by atoms with van der Waals surface area (Å²) < 4.78 is 20.3. The molecular formula is C16H16FN5O2. The summed E-state index contributed by atoms with van der Waals surface area (Å²) in [7, 11) is 4.75. The zero-order chi connectivity index (χ0) is 17.3. The lowest BCUT2D eigenvalue weighted by Gasteiger charge is -2.10. The molecular weight excluding hydrogens is 313 g/mol. The molecule has 0 fully saturated rings. The lowest BCUT2D eigenvalue weighted by molar-refractivity contribution is -0.129. The second-order valence-corrected chi connectivity index (χ2v) is 5.40. The van der Waals surface area contributed by atoms with E-state index in [9.17, 15) is 9.18 Å². The Morgan fingerprint density at radius 3 is 2.79 bits per heavy atom. The Labute approximate surface area is 137 Å². The van der Waals surface area contributed by atoms with Crippen LogP contribution in [0.3, 0.4) is 0 Å². The Morgan fingerprint density at radius 2 is 2.12 bits per heavy atom. The second-order valence-electron chi connectivity index (χ2n) is 5.40. The molecule has 24 heavy (non-hydrogen) atoms. The predicted octanol–water partition coefficient (Wildman–Crippen LogP) is 1.73. The Kier molecular flexibility index (Phi) is 4.11. The SMILES string of the molecule is COc1ccc(-c2cnc3cnn(CC(=O)N(C)C)c3n2)cc1F. The van der Waals surface area contributed by atoms with Crippen molar-refractivity contribution >= 4 is 17.1 Å². The molecule has 1 amide bonds. The van der Waals surface area contributed by atoms with Gasteiger partial charge in [-0.2, -0.15) is 5.10 Å². The number of ether oxygens (including phenoxy) is 1. The quantitative estimate of drug-likeness (QED) is 0.729. The van der Waals surface area contributed by atoms with Gasteiger partial charge in [0.2, 0.25) is 5.91 Å². The van der Waals surface area contributed by atoms with Gasteiger partial charge in [-0.25, -0.2) is 19.0 Å².